The number of methoxy groups -OCH3 is 1. The maximum absolute atomic E-state index is 5.68. The topological polar surface area (TPSA) is 46.6 Å². The summed E-state index contributed by atoms with van der Waals surface area (Å²) in [5, 5.41) is 3.68. The van der Waals surface area contributed by atoms with E-state index in [-0.39, 0.29) is 5.60 Å². The van der Waals surface area contributed by atoms with Gasteiger partial charge in [0.15, 0.2) is 0 Å². The Bertz CT molecular complexity index is 426. The first kappa shape index (κ1) is 14.8. The minimum atomic E-state index is -0.109. The average molecular weight is 291 g/mol. The normalized spacial score (nSPS) is 27.2. The molecule has 1 unspecified atom stereocenters. The molecule has 5 nitrogen and oxygen atoms in total. The highest BCUT2D eigenvalue weighted by molar-refractivity contribution is 5.44. The van der Waals surface area contributed by atoms with Gasteiger partial charge in [0.1, 0.15) is 5.60 Å². The van der Waals surface area contributed by atoms with Crippen LogP contribution in [0.5, 0.6) is 0 Å². The molecular weight excluding hydrogens is 266 g/mol. The number of pyridine rings is 1. The Balaban J connectivity index is 1.46. The number of ether oxygens (including phenoxy) is 2. The van der Waals surface area contributed by atoms with E-state index in [2.05, 4.69) is 27.3 Å². The van der Waals surface area contributed by atoms with Crippen LogP contribution in [0, 0.1) is 0 Å². The second kappa shape index (κ2) is 6.73. The lowest BCUT2D eigenvalue weighted by molar-refractivity contribution is -0.0179. The maximum Gasteiger partial charge on any atom is 0.106 e. The van der Waals surface area contributed by atoms with Crippen LogP contribution in [0.1, 0.15) is 19.3 Å². The fraction of sp³-hybridized carbons (Fsp3) is 0.688. The first-order valence-corrected chi connectivity index (χ1v) is 7.83. The Hall–Kier alpha value is -1.17. The third-order valence-electron chi connectivity index (χ3n) is 4.74. The van der Waals surface area contributed by atoms with Crippen molar-refractivity contribution in [3.05, 3.63) is 24.5 Å². The van der Waals surface area contributed by atoms with E-state index in [1.807, 2.05) is 12.4 Å². The van der Waals surface area contributed by atoms with Crippen molar-refractivity contribution < 1.29 is 9.47 Å². The number of hydrogen-bond acceptors (Lipinski definition) is 5. The van der Waals surface area contributed by atoms with Gasteiger partial charge in [-0.05, 0) is 25.0 Å². The third-order valence-corrected chi connectivity index (χ3v) is 4.74. The van der Waals surface area contributed by atoms with E-state index in [9.17, 15) is 0 Å². The number of aromatic nitrogens is 1. The lowest BCUT2D eigenvalue weighted by Crippen LogP contribution is -2.49. The summed E-state index contributed by atoms with van der Waals surface area (Å²) in [5.41, 5.74) is 1.17. The van der Waals surface area contributed by atoms with Gasteiger partial charge in [-0.25, -0.2) is 0 Å². The predicted octanol–water partition coefficient (Wildman–Crippen LogP) is 1.45. The monoisotopic (exact) mass is 291 g/mol. The van der Waals surface area contributed by atoms with Crippen LogP contribution in [0.4, 0.5) is 5.69 Å². The van der Waals surface area contributed by atoms with Gasteiger partial charge in [-0.2, -0.15) is 0 Å². The zero-order valence-electron chi connectivity index (χ0n) is 12.8. The molecule has 3 heterocycles. The molecular formula is C16H25N3O2. The van der Waals surface area contributed by atoms with Crippen molar-refractivity contribution in [3.63, 3.8) is 0 Å². The predicted molar refractivity (Wildman–Crippen MR) is 82.7 cm³/mol. The van der Waals surface area contributed by atoms with Gasteiger partial charge in [-0.1, -0.05) is 0 Å². The summed E-state index contributed by atoms with van der Waals surface area (Å²) in [6, 6.07) is 4.75. The first-order valence-electron chi connectivity index (χ1n) is 7.83. The summed E-state index contributed by atoms with van der Waals surface area (Å²) >= 11 is 0. The highest BCUT2D eigenvalue weighted by Gasteiger charge is 2.35. The van der Waals surface area contributed by atoms with E-state index in [1.54, 1.807) is 7.11 Å². The molecule has 0 amide bonds. The summed E-state index contributed by atoms with van der Waals surface area (Å²) in [4.78, 5) is 6.52. The molecule has 2 saturated heterocycles. The van der Waals surface area contributed by atoms with Crippen LogP contribution in [0.15, 0.2) is 24.5 Å². The molecule has 0 spiro atoms. The quantitative estimate of drug-likeness (QED) is 0.889. The van der Waals surface area contributed by atoms with Crippen molar-refractivity contribution in [1.29, 1.82) is 0 Å². The molecule has 2 fully saturated rings. The average Bonchev–Trinajstić information content (AvgIpc) is 3.04. The minimum absolute atomic E-state index is 0.109. The fourth-order valence-corrected chi connectivity index (χ4v) is 3.19. The number of piperidine rings is 1. The molecule has 2 aliphatic heterocycles. The summed E-state index contributed by atoms with van der Waals surface area (Å²) in [6.07, 6.45) is 7.06. The van der Waals surface area contributed by atoms with E-state index in [1.165, 1.54) is 18.5 Å². The molecule has 0 bridgehead atoms. The van der Waals surface area contributed by atoms with Gasteiger partial charge in [-0.3, -0.25) is 4.98 Å². The molecule has 1 N–H and O–H groups in total. The smallest absolute Gasteiger partial charge is 0.106 e. The molecule has 2 aliphatic rings. The molecule has 3 rings (SSSR count). The van der Waals surface area contributed by atoms with Crippen molar-refractivity contribution >= 4 is 5.69 Å². The fourth-order valence-electron chi connectivity index (χ4n) is 3.19. The molecule has 0 radical (unpaired) electrons. The largest absolute Gasteiger partial charge is 0.378 e. The summed E-state index contributed by atoms with van der Waals surface area (Å²) in [7, 11) is 1.79. The van der Waals surface area contributed by atoms with Gasteiger partial charge in [0.2, 0.25) is 0 Å². The van der Waals surface area contributed by atoms with Gasteiger partial charge in [0, 0.05) is 63.9 Å². The number of rotatable bonds is 5. The second-order valence-corrected chi connectivity index (χ2v) is 6.04. The van der Waals surface area contributed by atoms with Crippen molar-refractivity contribution in [2.45, 2.75) is 30.9 Å². The number of hydrogen-bond donors (Lipinski definition) is 1. The molecule has 1 aromatic heterocycles. The number of nitrogens with one attached hydrogen (secondary N) is 1. The van der Waals surface area contributed by atoms with Gasteiger partial charge in [0.05, 0.1) is 6.61 Å². The lowest BCUT2D eigenvalue weighted by atomic mass is 10.00. The van der Waals surface area contributed by atoms with Crippen molar-refractivity contribution in [2.24, 2.45) is 0 Å². The number of nitrogens with zero attached hydrogens (tertiary/aromatic N) is 2. The van der Waals surface area contributed by atoms with E-state index < -0.39 is 0 Å². The summed E-state index contributed by atoms with van der Waals surface area (Å²) in [6.45, 7) is 4.61. The van der Waals surface area contributed by atoms with Gasteiger partial charge >= 0.3 is 0 Å². The SMILES string of the molecule is COC1(CNC2CCN(c3ccncc3)CC2)CCOC1. The van der Waals surface area contributed by atoms with E-state index in [0.29, 0.717) is 12.6 Å². The van der Waals surface area contributed by atoms with Crippen LogP contribution < -0.4 is 10.2 Å². The van der Waals surface area contributed by atoms with Crippen LogP contribution in [0.3, 0.4) is 0 Å². The van der Waals surface area contributed by atoms with Gasteiger partial charge < -0.3 is 19.7 Å². The molecule has 5 heteroatoms. The molecule has 0 aromatic carbocycles. The Morgan fingerprint density at radius 1 is 1.38 bits per heavy atom. The Labute approximate surface area is 126 Å². The van der Waals surface area contributed by atoms with Crippen LogP contribution in [0.25, 0.3) is 0 Å². The van der Waals surface area contributed by atoms with Crippen molar-refractivity contribution in [3.8, 4) is 0 Å². The maximum atomic E-state index is 5.68. The zero-order valence-corrected chi connectivity index (χ0v) is 12.8. The number of anilines is 1. The highest BCUT2D eigenvalue weighted by atomic mass is 16.5. The van der Waals surface area contributed by atoms with Crippen LogP contribution in [-0.4, -0.2) is 56.6 Å². The van der Waals surface area contributed by atoms with Gasteiger partial charge in [-0.15, -0.1) is 0 Å². The first-order chi connectivity index (χ1) is 10.3. The molecule has 0 saturated carbocycles. The van der Waals surface area contributed by atoms with E-state index in [0.717, 1.165) is 32.7 Å². The molecule has 1 aromatic rings. The molecule has 0 aliphatic carbocycles. The standard InChI is InChI=1S/C16H25N3O2/c1-20-16(6-11-21-13-16)12-18-14-4-9-19(10-5-14)15-2-7-17-8-3-15/h2-3,7-8,14,18H,4-6,9-13H2,1H3. The zero-order chi connectivity index (χ0) is 14.5. The lowest BCUT2D eigenvalue weighted by Gasteiger charge is -2.36. The van der Waals surface area contributed by atoms with Crippen molar-refractivity contribution in [1.82, 2.24) is 10.3 Å². The van der Waals surface area contributed by atoms with Gasteiger partial charge in [0.25, 0.3) is 0 Å². The minimum Gasteiger partial charge on any atom is -0.378 e. The molecule has 1 atom stereocenters. The van der Waals surface area contributed by atoms with Crippen LogP contribution >= 0.6 is 0 Å². The summed E-state index contributed by atoms with van der Waals surface area (Å²) in [5.74, 6) is 0. The Kier molecular flexibility index (Phi) is 4.73. The van der Waals surface area contributed by atoms with E-state index in [4.69, 9.17) is 9.47 Å². The Morgan fingerprint density at radius 2 is 2.14 bits per heavy atom. The van der Waals surface area contributed by atoms with E-state index >= 15 is 0 Å². The second-order valence-electron chi connectivity index (χ2n) is 6.04. The third kappa shape index (κ3) is 3.54. The van der Waals surface area contributed by atoms with Crippen LogP contribution in [-0.2, 0) is 9.47 Å². The summed E-state index contributed by atoms with van der Waals surface area (Å²) < 4.78 is 11.2. The van der Waals surface area contributed by atoms with Crippen LogP contribution in [0.2, 0.25) is 0 Å². The van der Waals surface area contributed by atoms with Crippen molar-refractivity contribution in [2.75, 3.05) is 44.9 Å². The molecule has 116 valence electrons. The Morgan fingerprint density at radius 3 is 2.76 bits per heavy atom. The highest BCUT2D eigenvalue weighted by Crippen LogP contribution is 2.23. The molecule has 21 heavy (non-hydrogen) atoms.